The third kappa shape index (κ3) is 6.16. The topological polar surface area (TPSA) is 114 Å². The Morgan fingerprint density at radius 1 is 1.30 bits per heavy atom. The van der Waals surface area contributed by atoms with Crippen molar-refractivity contribution in [2.24, 2.45) is 0 Å². The average Bonchev–Trinajstić information content (AvgIpc) is 2.47. The van der Waals surface area contributed by atoms with E-state index in [-0.39, 0.29) is 24.2 Å². The molecule has 0 aliphatic rings. The molecule has 23 heavy (non-hydrogen) atoms. The van der Waals surface area contributed by atoms with E-state index in [2.05, 4.69) is 20.1 Å². The molecule has 1 aromatic rings. The quantitative estimate of drug-likeness (QED) is 0.655. The molecule has 0 atom stereocenters. The van der Waals surface area contributed by atoms with E-state index in [1.54, 1.807) is 0 Å². The minimum absolute atomic E-state index is 0.0417. The number of anilines is 1. The van der Waals surface area contributed by atoms with E-state index in [1.165, 1.54) is 12.1 Å². The van der Waals surface area contributed by atoms with Crippen molar-refractivity contribution in [2.45, 2.75) is 13.0 Å². The van der Waals surface area contributed by atoms with Gasteiger partial charge in [0, 0.05) is 6.54 Å². The molecular formula is C13H14F2N2O6. The molecule has 0 heterocycles. The molecule has 0 bridgehead atoms. The molecule has 0 aromatic heterocycles. The van der Waals surface area contributed by atoms with Gasteiger partial charge in [0.15, 0.2) is 5.75 Å². The number of benzene rings is 1. The zero-order chi connectivity index (χ0) is 17.4. The van der Waals surface area contributed by atoms with E-state index >= 15 is 0 Å². The van der Waals surface area contributed by atoms with E-state index in [9.17, 15) is 23.2 Å². The van der Waals surface area contributed by atoms with Crippen LogP contribution in [0, 0.1) is 0 Å². The third-order valence-electron chi connectivity index (χ3n) is 2.49. The molecule has 0 fully saturated rings. The van der Waals surface area contributed by atoms with Crippen LogP contribution in [0.5, 0.6) is 5.75 Å². The minimum Gasteiger partial charge on any atom is -0.481 e. The number of hydrogen-bond acceptors (Lipinski definition) is 5. The molecule has 0 saturated carbocycles. The van der Waals surface area contributed by atoms with E-state index in [4.69, 9.17) is 5.11 Å². The summed E-state index contributed by atoms with van der Waals surface area (Å²) in [5, 5.41) is 12.9. The van der Waals surface area contributed by atoms with Crippen LogP contribution in [-0.4, -0.2) is 43.3 Å². The molecule has 8 nitrogen and oxygen atoms in total. The lowest BCUT2D eigenvalue weighted by Gasteiger charge is -2.13. The summed E-state index contributed by atoms with van der Waals surface area (Å²) in [6.45, 7) is -3.31. The Balaban J connectivity index is 2.85. The first-order valence-electron chi connectivity index (χ1n) is 6.27. The molecule has 0 aliphatic heterocycles. The predicted molar refractivity (Wildman–Crippen MR) is 73.7 cm³/mol. The maximum absolute atomic E-state index is 12.4. The van der Waals surface area contributed by atoms with Gasteiger partial charge in [-0.2, -0.15) is 8.78 Å². The number of rotatable bonds is 7. The van der Waals surface area contributed by atoms with Gasteiger partial charge in [0.1, 0.15) is 0 Å². The monoisotopic (exact) mass is 332 g/mol. The van der Waals surface area contributed by atoms with Crippen molar-refractivity contribution in [3.63, 3.8) is 0 Å². The number of carbonyl (C=O) groups excluding carboxylic acids is 2. The van der Waals surface area contributed by atoms with Crippen molar-refractivity contribution in [3.8, 4) is 5.75 Å². The van der Waals surface area contributed by atoms with Gasteiger partial charge in [0.05, 0.1) is 24.8 Å². The Labute approximate surface area is 129 Å². The highest BCUT2D eigenvalue weighted by molar-refractivity contribution is 5.94. The van der Waals surface area contributed by atoms with Gasteiger partial charge in [-0.1, -0.05) is 0 Å². The first kappa shape index (κ1) is 18.1. The fourth-order valence-corrected chi connectivity index (χ4v) is 1.51. The number of methoxy groups -OCH3 is 1. The van der Waals surface area contributed by atoms with Crippen LogP contribution in [0.3, 0.4) is 0 Å². The average molecular weight is 332 g/mol. The maximum Gasteiger partial charge on any atom is 0.387 e. The van der Waals surface area contributed by atoms with Gasteiger partial charge >= 0.3 is 24.6 Å². The Bertz CT molecular complexity index is 594. The first-order valence-corrected chi connectivity index (χ1v) is 6.27. The number of ether oxygens (including phenoxy) is 2. The van der Waals surface area contributed by atoms with Crippen LogP contribution < -0.4 is 15.4 Å². The van der Waals surface area contributed by atoms with Gasteiger partial charge < -0.3 is 25.2 Å². The second-order valence-electron chi connectivity index (χ2n) is 4.11. The summed E-state index contributed by atoms with van der Waals surface area (Å²) in [5.41, 5.74) is -0.161. The highest BCUT2D eigenvalue weighted by Crippen LogP contribution is 2.27. The number of nitrogens with one attached hydrogen (secondary N) is 2. The number of hydrogen-bond donors (Lipinski definition) is 3. The zero-order valence-electron chi connectivity index (χ0n) is 12.0. The van der Waals surface area contributed by atoms with Gasteiger partial charge in [-0.15, -0.1) is 0 Å². The summed E-state index contributed by atoms with van der Waals surface area (Å²) in [7, 11) is 1.12. The lowest BCUT2D eigenvalue weighted by atomic mass is 10.2. The largest absolute Gasteiger partial charge is 0.481 e. The van der Waals surface area contributed by atoms with Crippen LogP contribution in [-0.2, 0) is 9.53 Å². The fourth-order valence-electron chi connectivity index (χ4n) is 1.51. The molecule has 0 aliphatic carbocycles. The van der Waals surface area contributed by atoms with Gasteiger partial charge in [-0.25, -0.2) is 9.59 Å². The van der Waals surface area contributed by atoms with E-state index < -0.39 is 30.3 Å². The Morgan fingerprint density at radius 3 is 2.57 bits per heavy atom. The van der Waals surface area contributed by atoms with Crippen molar-refractivity contribution in [1.29, 1.82) is 0 Å². The molecule has 1 rings (SSSR count). The standard InChI is InChI=1S/C13H14F2N2O6/c1-22-11(20)7-2-3-8(9(6-7)23-12(14)15)17-13(21)16-5-4-10(18)19/h2-3,6,12H,4-5H2,1H3,(H,18,19)(H2,16,17,21). The fraction of sp³-hybridized carbons (Fsp3) is 0.308. The lowest BCUT2D eigenvalue weighted by molar-refractivity contribution is -0.136. The molecule has 0 radical (unpaired) electrons. The molecule has 3 N–H and O–H groups in total. The Morgan fingerprint density at radius 2 is 2.00 bits per heavy atom. The van der Waals surface area contributed by atoms with Crippen molar-refractivity contribution in [3.05, 3.63) is 23.8 Å². The summed E-state index contributed by atoms with van der Waals surface area (Å²) in [4.78, 5) is 33.3. The van der Waals surface area contributed by atoms with Crippen LogP contribution in [0.1, 0.15) is 16.8 Å². The van der Waals surface area contributed by atoms with Crippen LogP contribution in [0.25, 0.3) is 0 Å². The molecule has 10 heteroatoms. The molecule has 126 valence electrons. The lowest BCUT2D eigenvalue weighted by Crippen LogP contribution is -2.30. The molecule has 1 aromatic carbocycles. The number of carboxylic acids is 1. The number of esters is 1. The third-order valence-corrected chi connectivity index (χ3v) is 2.49. The summed E-state index contributed by atoms with van der Waals surface area (Å²) in [6.07, 6.45) is -0.297. The Hall–Kier alpha value is -2.91. The van der Waals surface area contributed by atoms with Crippen LogP contribution in [0.2, 0.25) is 0 Å². The van der Waals surface area contributed by atoms with Gasteiger partial charge in [0.2, 0.25) is 0 Å². The van der Waals surface area contributed by atoms with Gasteiger partial charge in [-0.3, -0.25) is 4.79 Å². The number of carbonyl (C=O) groups is 3. The van der Waals surface area contributed by atoms with Crippen LogP contribution in [0.4, 0.5) is 19.3 Å². The Kier molecular flexibility index (Phi) is 6.71. The van der Waals surface area contributed by atoms with Gasteiger partial charge in [0.25, 0.3) is 0 Å². The van der Waals surface area contributed by atoms with Crippen molar-refractivity contribution in [1.82, 2.24) is 5.32 Å². The van der Waals surface area contributed by atoms with Crippen LogP contribution >= 0.6 is 0 Å². The smallest absolute Gasteiger partial charge is 0.387 e. The number of alkyl halides is 2. The van der Waals surface area contributed by atoms with Crippen molar-refractivity contribution in [2.75, 3.05) is 19.0 Å². The number of carboxylic acid groups (broad SMARTS) is 1. The van der Waals surface area contributed by atoms with E-state index in [0.717, 1.165) is 13.2 Å². The molecule has 2 amide bonds. The first-order chi connectivity index (χ1) is 10.8. The normalized spacial score (nSPS) is 10.1. The van der Waals surface area contributed by atoms with E-state index in [1.807, 2.05) is 0 Å². The second-order valence-corrected chi connectivity index (χ2v) is 4.11. The highest BCUT2D eigenvalue weighted by Gasteiger charge is 2.16. The summed E-state index contributed by atoms with van der Waals surface area (Å²) in [5.74, 6) is -2.30. The number of amides is 2. The highest BCUT2D eigenvalue weighted by atomic mass is 19.3. The second kappa shape index (κ2) is 8.51. The molecule has 0 spiro atoms. The van der Waals surface area contributed by atoms with E-state index in [0.29, 0.717) is 0 Å². The number of halogens is 2. The summed E-state index contributed by atoms with van der Waals surface area (Å²) < 4.78 is 33.5. The van der Waals surface area contributed by atoms with Crippen molar-refractivity contribution < 1.29 is 37.7 Å². The maximum atomic E-state index is 12.4. The zero-order valence-corrected chi connectivity index (χ0v) is 12.0. The summed E-state index contributed by atoms with van der Waals surface area (Å²) >= 11 is 0. The van der Waals surface area contributed by atoms with Crippen LogP contribution in [0.15, 0.2) is 18.2 Å². The molecular weight excluding hydrogens is 318 g/mol. The van der Waals surface area contributed by atoms with Crippen molar-refractivity contribution >= 4 is 23.7 Å². The molecule has 0 saturated heterocycles. The minimum atomic E-state index is -3.17. The summed E-state index contributed by atoms with van der Waals surface area (Å²) in [6, 6.07) is 2.61. The molecule has 0 unspecified atom stereocenters. The van der Waals surface area contributed by atoms with Gasteiger partial charge in [-0.05, 0) is 18.2 Å². The predicted octanol–water partition coefficient (Wildman–Crippen LogP) is 1.67. The number of aliphatic carboxylic acids is 1. The number of urea groups is 1. The SMILES string of the molecule is COC(=O)c1ccc(NC(=O)NCCC(=O)O)c(OC(F)F)c1.